The maximum atomic E-state index is 12.4. The zero-order chi connectivity index (χ0) is 16.8. The van der Waals surface area contributed by atoms with Crippen molar-refractivity contribution in [3.05, 3.63) is 42.1 Å². The van der Waals surface area contributed by atoms with Crippen LogP contribution in [0.3, 0.4) is 0 Å². The maximum absolute atomic E-state index is 12.4. The average Bonchev–Trinajstić information content (AvgIpc) is 3.02. The predicted octanol–water partition coefficient (Wildman–Crippen LogP) is 1.54. The number of carbonyl (C=O) groups excluding carboxylic acids is 1. The first-order chi connectivity index (χ1) is 11.7. The monoisotopic (exact) mass is 328 g/mol. The number of rotatable bonds is 6. The number of nitrogens with one attached hydrogen (secondary N) is 1. The van der Waals surface area contributed by atoms with E-state index in [-0.39, 0.29) is 5.91 Å². The minimum atomic E-state index is -0.0749. The quantitative estimate of drug-likeness (QED) is 0.817. The third-order valence-electron chi connectivity index (χ3n) is 4.22. The lowest BCUT2D eigenvalue weighted by Gasteiger charge is -2.26. The molecule has 1 amide bonds. The summed E-state index contributed by atoms with van der Waals surface area (Å²) >= 11 is 0. The summed E-state index contributed by atoms with van der Waals surface area (Å²) < 4.78 is 6.97. The van der Waals surface area contributed by atoms with Crippen molar-refractivity contribution in [2.75, 3.05) is 39.4 Å². The molecule has 0 aliphatic carbocycles. The molecule has 1 aliphatic rings. The number of aromatic nitrogens is 2. The zero-order valence-corrected chi connectivity index (χ0v) is 14.1. The highest BCUT2D eigenvalue weighted by molar-refractivity contribution is 5.93. The van der Waals surface area contributed by atoms with Gasteiger partial charge in [0, 0.05) is 32.2 Å². The van der Waals surface area contributed by atoms with Gasteiger partial charge in [-0.15, -0.1) is 0 Å². The van der Waals surface area contributed by atoms with Gasteiger partial charge in [-0.25, -0.2) is 0 Å². The van der Waals surface area contributed by atoms with Crippen LogP contribution in [0, 0.1) is 0 Å². The standard InChI is InChI=1S/C18H24N4O2/c1-21-17(14-16(20-21)15-6-3-2-4-7-15)18(23)19-8-5-9-22-10-12-24-13-11-22/h2-4,6-7,14H,5,8-13H2,1H3,(H,19,23). The molecule has 0 bridgehead atoms. The predicted molar refractivity (Wildman–Crippen MR) is 92.9 cm³/mol. The van der Waals surface area contributed by atoms with Crippen molar-refractivity contribution in [3.63, 3.8) is 0 Å². The van der Waals surface area contributed by atoms with Crippen LogP contribution in [0.4, 0.5) is 0 Å². The summed E-state index contributed by atoms with van der Waals surface area (Å²) in [6.07, 6.45) is 0.940. The first-order valence-corrected chi connectivity index (χ1v) is 8.42. The van der Waals surface area contributed by atoms with Gasteiger partial charge in [-0.05, 0) is 19.0 Å². The third-order valence-corrected chi connectivity index (χ3v) is 4.22. The van der Waals surface area contributed by atoms with Gasteiger partial charge >= 0.3 is 0 Å². The lowest BCUT2D eigenvalue weighted by Crippen LogP contribution is -2.38. The van der Waals surface area contributed by atoms with Crippen LogP contribution in [-0.4, -0.2) is 60.0 Å². The summed E-state index contributed by atoms with van der Waals surface area (Å²) in [6, 6.07) is 11.7. The number of ether oxygens (including phenoxy) is 1. The molecule has 1 fully saturated rings. The summed E-state index contributed by atoms with van der Waals surface area (Å²) in [7, 11) is 1.80. The van der Waals surface area contributed by atoms with E-state index in [2.05, 4.69) is 15.3 Å². The Hall–Kier alpha value is -2.18. The molecule has 1 aromatic carbocycles. The van der Waals surface area contributed by atoms with E-state index in [1.807, 2.05) is 36.4 Å². The van der Waals surface area contributed by atoms with Crippen LogP contribution in [0.1, 0.15) is 16.9 Å². The molecule has 0 atom stereocenters. The second-order valence-corrected chi connectivity index (χ2v) is 5.97. The largest absolute Gasteiger partial charge is 0.379 e. The highest BCUT2D eigenvalue weighted by atomic mass is 16.5. The second-order valence-electron chi connectivity index (χ2n) is 5.97. The third kappa shape index (κ3) is 4.21. The molecule has 0 spiro atoms. The summed E-state index contributed by atoms with van der Waals surface area (Å²) in [6.45, 7) is 5.24. The van der Waals surface area contributed by atoms with Gasteiger partial charge in [-0.1, -0.05) is 30.3 Å². The second kappa shape index (κ2) is 8.08. The number of hydrogen-bond acceptors (Lipinski definition) is 4. The molecule has 2 heterocycles. The fourth-order valence-electron chi connectivity index (χ4n) is 2.85. The van der Waals surface area contributed by atoms with Gasteiger partial charge in [0.15, 0.2) is 0 Å². The minimum absolute atomic E-state index is 0.0749. The van der Waals surface area contributed by atoms with Crippen molar-refractivity contribution in [1.82, 2.24) is 20.0 Å². The smallest absolute Gasteiger partial charge is 0.269 e. The van der Waals surface area contributed by atoms with E-state index in [9.17, 15) is 4.79 Å². The Bertz CT molecular complexity index is 663. The summed E-state index contributed by atoms with van der Waals surface area (Å²) in [4.78, 5) is 14.7. The van der Waals surface area contributed by atoms with Gasteiger partial charge in [0.2, 0.25) is 0 Å². The molecule has 2 aromatic rings. The number of aryl methyl sites for hydroxylation is 1. The van der Waals surface area contributed by atoms with E-state index in [0.717, 1.165) is 50.5 Å². The first-order valence-electron chi connectivity index (χ1n) is 8.42. The van der Waals surface area contributed by atoms with Crippen LogP contribution in [0.25, 0.3) is 11.3 Å². The number of morpholine rings is 1. The molecule has 0 unspecified atom stereocenters. The number of carbonyl (C=O) groups is 1. The topological polar surface area (TPSA) is 59.4 Å². The molecule has 0 radical (unpaired) electrons. The number of amides is 1. The number of nitrogens with zero attached hydrogens (tertiary/aromatic N) is 3. The zero-order valence-electron chi connectivity index (χ0n) is 14.1. The van der Waals surface area contributed by atoms with Gasteiger partial charge in [-0.3, -0.25) is 14.4 Å². The normalized spacial score (nSPS) is 15.4. The molecule has 3 rings (SSSR count). The van der Waals surface area contributed by atoms with Crippen molar-refractivity contribution >= 4 is 5.91 Å². The molecule has 1 aliphatic heterocycles. The minimum Gasteiger partial charge on any atom is -0.379 e. The molecule has 0 saturated carbocycles. The van der Waals surface area contributed by atoms with E-state index in [0.29, 0.717) is 12.2 Å². The highest BCUT2D eigenvalue weighted by Gasteiger charge is 2.14. The van der Waals surface area contributed by atoms with Gasteiger partial charge < -0.3 is 10.1 Å². The molecule has 128 valence electrons. The molecule has 1 N–H and O–H groups in total. The number of hydrogen-bond donors (Lipinski definition) is 1. The van der Waals surface area contributed by atoms with Crippen LogP contribution in [-0.2, 0) is 11.8 Å². The Morgan fingerprint density at radius 1 is 1.25 bits per heavy atom. The van der Waals surface area contributed by atoms with Crippen LogP contribution in [0.15, 0.2) is 36.4 Å². The van der Waals surface area contributed by atoms with Crippen LogP contribution in [0.2, 0.25) is 0 Å². The maximum Gasteiger partial charge on any atom is 0.269 e. The van der Waals surface area contributed by atoms with Crippen LogP contribution in [0.5, 0.6) is 0 Å². The van der Waals surface area contributed by atoms with Crippen molar-refractivity contribution in [2.24, 2.45) is 7.05 Å². The van der Waals surface area contributed by atoms with Crippen LogP contribution < -0.4 is 5.32 Å². The van der Waals surface area contributed by atoms with Crippen LogP contribution >= 0.6 is 0 Å². The summed E-state index contributed by atoms with van der Waals surface area (Å²) in [5.74, 6) is -0.0749. The SMILES string of the molecule is Cn1nc(-c2ccccc2)cc1C(=O)NCCCN1CCOCC1. The van der Waals surface area contributed by atoms with E-state index in [4.69, 9.17) is 4.74 Å². The number of benzene rings is 1. The van der Waals surface area contributed by atoms with Crippen molar-refractivity contribution < 1.29 is 9.53 Å². The fraction of sp³-hybridized carbons (Fsp3) is 0.444. The van der Waals surface area contributed by atoms with E-state index in [1.54, 1.807) is 11.7 Å². The lowest BCUT2D eigenvalue weighted by atomic mass is 10.1. The molecular weight excluding hydrogens is 304 g/mol. The Morgan fingerprint density at radius 3 is 2.75 bits per heavy atom. The molecule has 1 aromatic heterocycles. The summed E-state index contributed by atoms with van der Waals surface area (Å²) in [5, 5.41) is 7.42. The molecule has 6 heteroatoms. The lowest BCUT2D eigenvalue weighted by molar-refractivity contribution is 0.0374. The van der Waals surface area contributed by atoms with Crippen molar-refractivity contribution in [3.8, 4) is 11.3 Å². The van der Waals surface area contributed by atoms with Crippen molar-refractivity contribution in [1.29, 1.82) is 0 Å². The van der Waals surface area contributed by atoms with Gasteiger partial charge in [-0.2, -0.15) is 5.10 Å². The molecule has 24 heavy (non-hydrogen) atoms. The molecule has 1 saturated heterocycles. The fourth-order valence-corrected chi connectivity index (χ4v) is 2.85. The van der Waals surface area contributed by atoms with E-state index >= 15 is 0 Å². The average molecular weight is 328 g/mol. The Morgan fingerprint density at radius 2 is 2.00 bits per heavy atom. The molecular formula is C18H24N4O2. The van der Waals surface area contributed by atoms with Gasteiger partial charge in [0.05, 0.1) is 18.9 Å². The van der Waals surface area contributed by atoms with Gasteiger partial charge in [0.25, 0.3) is 5.91 Å². The Kier molecular flexibility index (Phi) is 5.61. The van der Waals surface area contributed by atoms with Gasteiger partial charge in [0.1, 0.15) is 5.69 Å². The first kappa shape index (κ1) is 16.7. The highest BCUT2D eigenvalue weighted by Crippen LogP contribution is 2.18. The van der Waals surface area contributed by atoms with Crippen molar-refractivity contribution in [2.45, 2.75) is 6.42 Å². The Balaban J connectivity index is 1.51. The Labute approximate surface area is 142 Å². The summed E-state index contributed by atoms with van der Waals surface area (Å²) in [5.41, 5.74) is 2.41. The molecule has 6 nitrogen and oxygen atoms in total. The van der Waals surface area contributed by atoms with E-state index < -0.39 is 0 Å². The van der Waals surface area contributed by atoms with E-state index in [1.165, 1.54) is 0 Å².